The maximum atomic E-state index is 13.5. The van der Waals surface area contributed by atoms with Gasteiger partial charge in [-0.15, -0.1) is 0 Å². The van der Waals surface area contributed by atoms with Crippen molar-refractivity contribution < 1.29 is 42.1 Å². The number of carboxylic acids is 1. The van der Waals surface area contributed by atoms with Crippen molar-refractivity contribution in [2.45, 2.75) is 103 Å². The molecule has 0 saturated carbocycles. The van der Waals surface area contributed by atoms with E-state index in [9.17, 15) is 32.7 Å². The molecule has 1 atom stereocenters. The summed E-state index contributed by atoms with van der Waals surface area (Å²) < 4.78 is 51.1. The number of hydrogen-bond donors (Lipinski definition) is 0. The first-order chi connectivity index (χ1) is 19.6. The maximum Gasteiger partial charge on any atom is 0.425 e. The molecular formula is C32H40F3O6-. The van der Waals surface area contributed by atoms with Crippen molar-refractivity contribution in [1.82, 2.24) is 0 Å². The highest BCUT2D eigenvalue weighted by molar-refractivity contribution is 5.96. The normalized spacial score (nSPS) is 12.1. The summed E-state index contributed by atoms with van der Waals surface area (Å²) in [6.07, 6.45) is 1.26. The number of Topliss-reactive ketones (excluding diaryl/α,β-unsaturated/α-hetero) is 1. The molecule has 6 nitrogen and oxygen atoms in total. The van der Waals surface area contributed by atoms with Crippen LogP contribution in [-0.2, 0) is 9.53 Å². The number of carbonyl (C=O) groups is 3. The van der Waals surface area contributed by atoms with Gasteiger partial charge in [-0.1, -0.05) is 77.3 Å². The van der Waals surface area contributed by atoms with Crippen LogP contribution in [0.4, 0.5) is 13.2 Å². The van der Waals surface area contributed by atoms with Crippen LogP contribution in [0.5, 0.6) is 5.75 Å². The Balaban J connectivity index is 2.08. The zero-order chi connectivity index (χ0) is 30.3. The number of rotatable bonds is 19. The molecule has 0 amide bonds. The third-order valence-electron chi connectivity index (χ3n) is 6.75. The van der Waals surface area contributed by atoms with Crippen LogP contribution < -0.4 is 9.84 Å². The van der Waals surface area contributed by atoms with Crippen molar-refractivity contribution in [1.29, 1.82) is 0 Å². The van der Waals surface area contributed by atoms with E-state index in [-0.39, 0.29) is 23.1 Å². The molecule has 9 heteroatoms. The number of esters is 1. The van der Waals surface area contributed by atoms with Crippen LogP contribution in [0.1, 0.15) is 112 Å². The lowest BCUT2D eigenvalue weighted by molar-refractivity contribution is -0.254. The first kappa shape index (κ1) is 33.8. The van der Waals surface area contributed by atoms with Crippen LogP contribution in [0.3, 0.4) is 0 Å². The Morgan fingerprint density at radius 2 is 1.44 bits per heavy atom. The Morgan fingerprint density at radius 1 is 0.829 bits per heavy atom. The van der Waals surface area contributed by atoms with E-state index in [2.05, 4.69) is 6.92 Å². The zero-order valence-corrected chi connectivity index (χ0v) is 23.9. The number of carbonyl (C=O) groups excluding carboxylic acids is 3. The highest BCUT2D eigenvalue weighted by Crippen LogP contribution is 2.30. The molecular weight excluding hydrogens is 537 g/mol. The highest BCUT2D eigenvalue weighted by Gasteiger charge is 2.44. The van der Waals surface area contributed by atoms with Gasteiger partial charge in [0, 0.05) is 12.0 Å². The van der Waals surface area contributed by atoms with Gasteiger partial charge in [0.05, 0.1) is 24.6 Å². The molecule has 0 saturated heterocycles. The molecule has 2 aromatic rings. The van der Waals surface area contributed by atoms with Gasteiger partial charge in [0.15, 0.2) is 0 Å². The monoisotopic (exact) mass is 577 g/mol. The first-order valence-electron chi connectivity index (χ1n) is 14.4. The quantitative estimate of drug-likeness (QED) is 0.127. The predicted octanol–water partition coefficient (Wildman–Crippen LogP) is 7.47. The standard InChI is InChI=1S/C32H41F3O6/c1-3-5-7-9-10-12-20-40-26-18-19-27(30(37)38)28(22-26)23-14-16-24(17-15-23)31(39)41-29(32(33,34)35)21-25(36)13-11-8-6-4-2/h14-19,22,29H,3-13,20-21H2,1-2H3,(H,37,38)/p-1. The number of hydrogen-bond acceptors (Lipinski definition) is 6. The molecule has 0 bridgehead atoms. The van der Waals surface area contributed by atoms with Gasteiger partial charge in [-0.2, -0.15) is 13.2 Å². The lowest BCUT2D eigenvalue weighted by Gasteiger charge is -2.20. The minimum absolute atomic E-state index is 0.00132. The van der Waals surface area contributed by atoms with Gasteiger partial charge in [-0.05, 0) is 54.3 Å². The summed E-state index contributed by atoms with van der Waals surface area (Å²) in [4.78, 5) is 36.3. The van der Waals surface area contributed by atoms with Crippen molar-refractivity contribution >= 4 is 17.7 Å². The zero-order valence-electron chi connectivity index (χ0n) is 23.9. The van der Waals surface area contributed by atoms with Crippen molar-refractivity contribution in [3.05, 3.63) is 53.6 Å². The van der Waals surface area contributed by atoms with Crippen LogP contribution in [0, 0.1) is 0 Å². The second-order valence-corrected chi connectivity index (χ2v) is 10.2. The fraction of sp³-hybridized carbons (Fsp3) is 0.531. The number of ketones is 1. The Hall–Kier alpha value is -3.36. The topological polar surface area (TPSA) is 92.7 Å². The maximum absolute atomic E-state index is 13.5. The number of halogens is 3. The molecule has 0 spiro atoms. The smallest absolute Gasteiger partial charge is 0.425 e. The SMILES string of the molecule is CCCCCCCCOc1ccc(C(=O)[O-])c(-c2ccc(C(=O)OC(CC(=O)CCCCCC)C(F)(F)F)cc2)c1. The van der Waals surface area contributed by atoms with E-state index in [4.69, 9.17) is 9.47 Å². The van der Waals surface area contributed by atoms with Crippen molar-refractivity contribution in [2.75, 3.05) is 6.61 Å². The van der Waals surface area contributed by atoms with Gasteiger partial charge in [-0.3, -0.25) is 4.79 Å². The highest BCUT2D eigenvalue weighted by atomic mass is 19.4. The fourth-order valence-electron chi connectivity index (χ4n) is 4.37. The molecule has 2 aromatic carbocycles. The number of benzene rings is 2. The first-order valence-corrected chi connectivity index (χ1v) is 14.4. The minimum Gasteiger partial charge on any atom is -0.545 e. The number of alkyl halides is 3. The van der Waals surface area contributed by atoms with Crippen molar-refractivity contribution in [2.24, 2.45) is 0 Å². The number of carboxylic acid groups (broad SMARTS) is 1. The van der Waals surface area contributed by atoms with Gasteiger partial charge < -0.3 is 19.4 Å². The molecule has 0 aromatic heterocycles. The summed E-state index contributed by atoms with van der Waals surface area (Å²) in [7, 11) is 0. The van der Waals surface area contributed by atoms with Gasteiger partial charge in [0.2, 0.25) is 6.10 Å². The van der Waals surface area contributed by atoms with Crippen molar-refractivity contribution in [3.63, 3.8) is 0 Å². The van der Waals surface area contributed by atoms with Crippen LogP contribution in [-0.4, -0.2) is 36.6 Å². The Kier molecular flexibility index (Phi) is 14.4. The largest absolute Gasteiger partial charge is 0.545 e. The van der Waals surface area contributed by atoms with E-state index in [0.29, 0.717) is 24.3 Å². The minimum atomic E-state index is -4.89. The van der Waals surface area contributed by atoms with Crippen molar-refractivity contribution in [3.8, 4) is 16.9 Å². The van der Waals surface area contributed by atoms with E-state index in [0.717, 1.165) is 38.5 Å². The second-order valence-electron chi connectivity index (χ2n) is 10.2. The van der Waals surface area contributed by atoms with E-state index in [1.54, 1.807) is 12.1 Å². The summed E-state index contributed by atoms with van der Waals surface area (Å²) in [5, 5.41) is 11.7. The molecule has 0 fully saturated rings. The van der Waals surface area contributed by atoms with E-state index in [1.165, 1.54) is 49.6 Å². The summed E-state index contributed by atoms with van der Waals surface area (Å²) in [6.45, 7) is 4.61. The summed E-state index contributed by atoms with van der Waals surface area (Å²) >= 11 is 0. The fourth-order valence-corrected chi connectivity index (χ4v) is 4.37. The van der Waals surface area contributed by atoms with Crippen LogP contribution in [0.25, 0.3) is 11.1 Å². The van der Waals surface area contributed by atoms with E-state index in [1.807, 2.05) is 6.92 Å². The van der Waals surface area contributed by atoms with Gasteiger partial charge in [-0.25, -0.2) is 4.79 Å². The Morgan fingerprint density at radius 3 is 2.05 bits per heavy atom. The predicted molar refractivity (Wildman–Crippen MR) is 149 cm³/mol. The molecule has 0 radical (unpaired) electrons. The third-order valence-corrected chi connectivity index (χ3v) is 6.75. The molecule has 0 aliphatic rings. The summed E-state index contributed by atoms with van der Waals surface area (Å²) in [6, 6.07) is 9.80. The molecule has 0 aliphatic carbocycles. The molecule has 0 heterocycles. The molecule has 0 aliphatic heterocycles. The Labute approximate surface area is 240 Å². The molecule has 41 heavy (non-hydrogen) atoms. The molecule has 0 N–H and O–H groups in total. The van der Waals surface area contributed by atoms with Gasteiger partial charge in [0.1, 0.15) is 11.5 Å². The van der Waals surface area contributed by atoms with Crippen LogP contribution in [0.15, 0.2) is 42.5 Å². The summed E-state index contributed by atoms with van der Waals surface area (Å²) in [5.74, 6) is -2.78. The number of unbranched alkanes of at least 4 members (excludes halogenated alkanes) is 8. The average Bonchev–Trinajstić information content (AvgIpc) is 2.94. The van der Waals surface area contributed by atoms with Crippen LogP contribution in [0.2, 0.25) is 0 Å². The average molecular weight is 578 g/mol. The number of aromatic carboxylic acids is 1. The third kappa shape index (κ3) is 12.0. The van der Waals surface area contributed by atoms with Crippen LogP contribution >= 0.6 is 0 Å². The summed E-state index contributed by atoms with van der Waals surface area (Å²) in [5.41, 5.74) is 0.429. The molecule has 2 rings (SSSR count). The lowest BCUT2D eigenvalue weighted by Crippen LogP contribution is -2.35. The Bertz CT molecular complexity index is 1110. The van der Waals surface area contributed by atoms with E-state index < -0.39 is 36.4 Å². The van der Waals surface area contributed by atoms with E-state index >= 15 is 0 Å². The molecule has 1 unspecified atom stereocenters. The lowest BCUT2D eigenvalue weighted by atomic mass is 9.98. The van der Waals surface area contributed by atoms with Gasteiger partial charge >= 0.3 is 12.1 Å². The number of ether oxygens (including phenoxy) is 2. The second kappa shape index (κ2) is 17.5. The molecule has 226 valence electrons. The van der Waals surface area contributed by atoms with Gasteiger partial charge in [0.25, 0.3) is 0 Å².